The fourth-order valence-corrected chi connectivity index (χ4v) is 2.92. The molecule has 0 spiro atoms. The summed E-state index contributed by atoms with van der Waals surface area (Å²) in [6.45, 7) is 3.12. The van der Waals surface area contributed by atoms with Crippen LogP contribution in [0.2, 0.25) is 0 Å². The van der Waals surface area contributed by atoms with Crippen molar-refractivity contribution in [2.75, 3.05) is 6.61 Å². The van der Waals surface area contributed by atoms with Crippen LogP contribution < -0.4 is 0 Å². The number of phenolic OH excluding ortho intramolecular Hbond substituents is 1. The van der Waals surface area contributed by atoms with Crippen molar-refractivity contribution in [3.63, 3.8) is 0 Å². The number of hydrogen-bond acceptors (Lipinski definition) is 5. The third-order valence-corrected chi connectivity index (χ3v) is 3.87. The predicted molar refractivity (Wildman–Crippen MR) is 74.9 cm³/mol. The summed E-state index contributed by atoms with van der Waals surface area (Å²) in [6.07, 6.45) is -4.75. The molecular formula is C14H12F3NO3S. The highest BCUT2D eigenvalue weighted by Crippen LogP contribution is 2.39. The molecular weight excluding hydrogens is 319 g/mol. The second-order valence-electron chi connectivity index (χ2n) is 4.41. The first-order valence-electron chi connectivity index (χ1n) is 6.29. The molecule has 0 amide bonds. The highest BCUT2D eigenvalue weighted by molar-refractivity contribution is 7.17. The second kappa shape index (κ2) is 5.96. The summed E-state index contributed by atoms with van der Waals surface area (Å²) in [6, 6.07) is 4.22. The molecule has 0 radical (unpaired) electrons. The van der Waals surface area contributed by atoms with Gasteiger partial charge >= 0.3 is 12.1 Å². The fraction of sp³-hybridized carbons (Fsp3) is 0.286. The van der Waals surface area contributed by atoms with Gasteiger partial charge in [0.25, 0.3) is 0 Å². The maximum atomic E-state index is 13.0. The Morgan fingerprint density at radius 2 is 2.09 bits per heavy atom. The first kappa shape index (κ1) is 16.3. The number of aryl methyl sites for hydroxylation is 1. The van der Waals surface area contributed by atoms with Crippen LogP contribution in [0.5, 0.6) is 5.75 Å². The topological polar surface area (TPSA) is 59.4 Å². The van der Waals surface area contributed by atoms with E-state index in [0.29, 0.717) is 22.5 Å². The third kappa shape index (κ3) is 3.22. The van der Waals surface area contributed by atoms with E-state index >= 15 is 0 Å². The third-order valence-electron chi connectivity index (χ3n) is 2.80. The lowest BCUT2D eigenvalue weighted by Gasteiger charge is -2.05. The smallest absolute Gasteiger partial charge is 0.435 e. The molecule has 0 fully saturated rings. The van der Waals surface area contributed by atoms with E-state index in [2.05, 4.69) is 9.72 Å². The molecule has 0 unspecified atom stereocenters. The molecule has 0 saturated heterocycles. The number of phenols is 1. The summed E-state index contributed by atoms with van der Waals surface area (Å²) < 4.78 is 43.8. The molecule has 0 atom stereocenters. The number of rotatable bonds is 3. The Balaban J connectivity index is 2.57. The number of hydrogen-bond donors (Lipinski definition) is 1. The van der Waals surface area contributed by atoms with Crippen molar-refractivity contribution in [3.05, 3.63) is 34.3 Å². The van der Waals surface area contributed by atoms with Crippen LogP contribution in [0.3, 0.4) is 0 Å². The molecule has 4 nitrogen and oxygen atoms in total. The molecule has 0 bridgehead atoms. The van der Waals surface area contributed by atoms with E-state index in [4.69, 9.17) is 0 Å². The molecule has 8 heteroatoms. The Hall–Kier alpha value is -2.09. The number of aromatic nitrogens is 1. The van der Waals surface area contributed by atoms with Crippen LogP contribution in [-0.2, 0) is 10.9 Å². The number of aromatic hydroxyl groups is 1. The summed E-state index contributed by atoms with van der Waals surface area (Å²) in [5, 5.41) is 9.41. The zero-order valence-electron chi connectivity index (χ0n) is 11.7. The highest BCUT2D eigenvalue weighted by atomic mass is 32.1. The van der Waals surface area contributed by atoms with Gasteiger partial charge in [0, 0.05) is 5.56 Å². The number of carbonyl (C=O) groups is 1. The van der Waals surface area contributed by atoms with Crippen molar-refractivity contribution in [2.24, 2.45) is 0 Å². The molecule has 1 aromatic heterocycles. The van der Waals surface area contributed by atoms with E-state index in [-0.39, 0.29) is 17.4 Å². The molecule has 2 aromatic rings. The van der Waals surface area contributed by atoms with Crippen LogP contribution in [0.25, 0.3) is 10.6 Å². The van der Waals surface area contributed by atoms with Crippen LogP contribution in [-0.4, -0.2) is 22.7 Å². The molecule has 1 N–H and O–H groups in total. The minimum Gasteiger partial charge on any atom is -0.508 e. The van der Waals surface area contributed by atoms with Gasteiger partial charge < -0.3 is 9.84 Å². The first-order chi connectivity index (χ1) is 10.2. The van der Waals surface area contributed by atoms with E-state index in [1.807, 2.05) is 0 Å². The Labute approximate surface area is 128 Å². The van der Waals surface area contributed by atoms with Crippen LogP contribution in [0.1, 0.15) is 27.9 Å². The van der Waals surface area contributed by atoms with E-state index < -0.39 is 22.7 Å². The lowest BCUT2D eigenvalue weighted by molar-refractivity contribution is -0.141. The number of benzene rings is 1. The summed E-state index contributed by atoms with van der Waals surface area (Å²) in [5.74, 6) is -1.05. The summed E-state index contributed by atoms with van der Waals surface area (Å²) >= 11 is 0.620. The molecule has 1 aromatic carbocycles. The Kier molecular flexibility index (Phi) is 4.41. The number of ether oxygens (including phenoxy) is 1. The molecule has 0 aliphatic rings. The number of esters is 1. The number of alkyl halides is 3. The van der Waals surface area contributed by atoms with Gasteiger partial charge in [-0.05, 0) is 37.6 Å². The van der Waals surface area contributed by atoms with Gasteiger partial charge in [-0.15, -0.1) is 11.3 Å². The highest BCUT2D eigenvalue weighted by Gasteiger charge is 2.40. The van der Waals surface area contributed by atoms with Gasteiger partial charge in [-0.1, -0.05) is 0 Å². The van der Waals surface area contributed by atoms with Gasteiger partial charge in [0.1, 0.15) is 15.6 Å². The summed E-state index contributed by atoms with van der Waals surface area (Å²) in [4.78, 5) is 14.7. The standard InChI is InChI=1S/C14H12F3NO3S/c1-3-21-13(20)10-11(14(15,16)17)18-12(22-10)9-5-4-8(19)6-7(9)2/h4-6,19H,3H2,1-2H3. The fourth-order valence-electron chi connectivity index (χ4n) is 1.85. The van der Waals surface area contributed by atoms with E-state index in [1.54, 1.807) is 6.92 Å². The largest absolute Gasteiger partial charge is 0.508 e. The van der Waals surface area contributed by atoms with Crippen LogP contribution in [0.4, 0.5) is 13.2 Å². The van der Waals surface area contributed by atoms with E-state index in [0.717, 1.165) is 0 Å². The number of nitrogens with zero attached hydrogens (tertiary/aromatic N) is 1. The van der Waals surface area contributed by atoms with Gasteiger partial charge in [-0.25, -0.2) is 9.78 Å². The number of halogens is 3. The van der Waals surface area contributed by atoms with Crippen LogP contribution in [0.15, 0.2) is 18.2 Å². The molecule has 0 aliphatic heterocycles. The Morgan fingerprint density at radius 1 is 1.41 bits per heavy atom. The molecule has 0 aliphatic carbocycles. The number of carbonyl (C=O) groups excluding carboxylic acids is 1. The van der Waals surface area contributed by atoms with Gasteiger partial charge in [0.05, 0.1) is 6.61 Å². The molecule has 2 rings (SSSR count). The molecule has 22 heavy (non-hydrogen) atoms. The molecule has 1 heterocycles. The van der Waals surface area contributed by atoms with Gasteiger partial charge in [-0.3, -0.25) is 0 Å². The molecule has 118 valence electrons. The predicted octanol–water partition coefficient (Wildman–Crippen LogP) is 4.02. The summed E-state index contributed by atoms with van der Waals surface area (Å²) in [7, 11) is 0. The van der Waals surface area contributed by atoms with Crippen molar-refractivity contribution < 1.29 is 27.8 Å². The second-order valence-corrected chi connectivity index (χ2v) is 5.41. The van der Waals surface area contributed by atoms with E-state index in [9.17, 15) is 23.1 Å². The zero-order chi connectivity index (χ0) is 16.5. The SMILES string of the molecule is CCOC(=O)c1sc(-c2ccc(O)cc2C)nc1C(F)(F)F. The van der Waals surface area contributed by atoms with E-state index in [1.165, 1.54) is 25.1 Å². The van der Waals surface area contributed by atoms with Crippen molar-refractivity contribution >= 4 is 17.3 Å². The average molecular weight is 331 g/mol. The monoisotopic (exact) mass is 331 g/mol. The Morgan fingerprint density at radius 3 is 2.64 bits per heavy atom. The van der Waals surface area contributed by atoms with Crippen molar-refractivity contribution in [3.8, 4) is 16.3 Å². The van der Waals surface area contributed by atoms with Crippen LogP contribution in [0, 0.1) is 6.92 Å². The lowest BCUT2D eigenvalue weighted by atomic mass is 10.1. The van der Waals surface area contributed by atoms with Crippen LogP contribution >= 0.6 is 11.3 Å². The zero-order valence-corrected chi connectivity index (χ0v) is 12.5. The van der Waals surface area contributed by atoms with Gasteiger partial charge in [0.15, 0.2) is 5.69 Å². The van der Waals surface area contributed by atoms with Crippen molar-refractivity contribution in [1.29, 1.82) is 0 Å². The quantitative estimate of drug-likeness (QED) is 0.863. The average Bonchev–Trinajstić information content (AvgIpc) is 2.83. The van der Waals surface area contributed by atoms with Gasteiger partial charge in [0.2, 0.25) is 0 Å². The van der Waals surface area contributed by atoms with Crippen molar-refractivity contribution in [1.82, 2.24) is 4.98 Å². The van der Waals surface area contributed by atoms with Gasteiger partial charge in [-0.2, -0.15) is 13.2 Å². The maximum absolute atomic E-state index is 13.0. The summed E-state index contributed by atoms with van der Waals surface area (Å²) in [5.41, 5.74) is -0.278. The van der Waals surface area contributed by atoms with Crippen molar-refractivity contribution in [2.45, 2.75) is 20.0 Å². The minimum absolute atomic E-state index is 0.000493. The lowest BCUT2D eigenvalue weighted by Crippen LogP contribution is -2.13. The maximum Gasteiger partial charge on any atom is 0.435 e. The molecule has 0 saturated carbocycles. The first-order valence-corrected chi connectivity index (χ1v) is 7.10. The minimum atomic E-state index is -4.75. The Bertz CT molecular complexity index is 710. The normalized spacial score (nSPS) is 11.5. The number of thiazole rings is 1.